The Bertz CT molecular complexity index is 1660. The summed E-state index contributed by atoms with van der Waals surface area (Å²) < 4.78 is 2.24. The van der Waals surface area contributed by atoms with E-state index in [9.17, 15) is 0 Å². The standard InChI is InChI=1S/C28H25N7/c1-4-24-30-26-17(2)15-18(3)29-28(26)35(24)16-19-9-11-21(12-10-19)25-22-8-6-5-7-20(22)13-14-23(25)27-31-33-34-32-27/h5-15H,4,16H2,1-3H3,(H,31,32,33,34). The van der Waals surface area contributed by atoms with Crippen LogP contribution in [0.4, 0.5) is 0 Å². The minimum atomic E-state index is 0.587. The lowest BCUT2D eigenvalue weighted by molar-refractivity contribution is 0.745. The molecule has 0 saturated carbocycles. The van der Waals surface area contributed by atoms with Gasteiger partial charge in [-0.2, -0.15) is 5.21 Å². The Morgan fingerprint density at radius 2 is 1.74 bits per heavy atom. The first-order chi connectivity index (χ1) is 17.1. The van der Waals surface area contributed by atoms with E-state index in [0.29, 0.717) is 5.82 Å². The molecule has 0 unspecified atom stereocenters. The van der Waals surface area contributed by atoms with Crippen molar-refractivity contribution in [1.29, 1.82) is 0 Å². The number of tetrazole rings is 1. The summed E-state index contributed by atoms with van der Waals surface area (Å²) in [7, 11) is 0. The molecule has 172 valence electrons. The van der Waals surface area contributed by atoms with Crippen molar-refractivity contribution < 1.29 is 0 Å². The summed E-state index contributed by atoms with van der Waals surface area (Å²) in [4.78, 5) is 9.70. The lowest BCUT2D eigenvalue weighted by Crippen LogP contribution is -2.05. The number of nitrogens with zero attached hydrogens (tertiary/aromatic N) is 6. The summed E-state index contributed by atoms with van der Waals surface area (Å²) >= 11 is 0. The Balaban J connectivity index is 1.44. The summed E-state index contributed by atoms with van der Waals surface area (Å²) in [6.07, 6.45) is 0.858. The lowest BCUT2D eigenvalue weighted by atomic mass is 9.92. The van der Waals surface area contributed by atoms with E-state index in [0.717, 1.165) is 57.7 Å². The van der Waals surface area contributed by atoms with E-state index in [1.165, 1.54) is 16.5 Å². The Morgan fingerprint density at radius 1 is 0.914 bits per heavy atom. The number of H-pyrrole nitrogens is 1. The van der Waals surface area contributed by atoms with Crippen molar-refractivity contribution in [2.24, 2.45) is 0 Å². The molecule has 7 nitrogen and oxygen atoms in total. The maximum Gasteiger partial charge on any atom is 0.205 e. The molecule has 0 fully saturated rings. The smallest absolute Gasteiger partial charge is 0.205 e. The largest absolute Gasteiger partial charge is 0.308 e. The second-order valence-corrected chi connectivity index (χ2v) is 8.86. The number of hydrogen-bond donors (Lipinski definition) is 1. The second-order valence-electron chi connectivity index (χ2n) is 8.86. The van der Waals surface area contributed by atoms with Gasteiger partial charge in [-0.3, -0.25) is 0 Å². The fourth-order valence-electron chi connectivity index (χ4n) is 4.89. The van der Waals surface area contributed by atoms with Crippen LogP contribution in [0.1, 0.15) is 29.6 Å². The first kappa shape index (κ1) is 21.2. The number of hydrogen-bond acceptors (Lipinski definition) is 5. The monoisotopic (exact) mass is 459 g/mol. The number of pyridine rings is 1. The number of aryl methyl sites for hydroxylation is 3. The van der Waals surface area contributed by atoms with Gasteiger partial charge < -0.3 is 4.57 Å². The molecule has 7 heteroatoms. The second kappa shape index (κ2) is 8.43. The molecule has 0 aliphatic rings. The quantitative estimate of drug-likeness (QED) is 0.360. The predicted molar refractivity (Wildman–Crippen MR) is 138 cm³/mol. The van der Waals surface area contributed by atoms with E-state index in [4.69, 9.17) is 9.97 Å². The summed E-state index contributed by atoms with van der Waals surface area (Å²) in [5, 5.41) is 17.2. The van der Waals surface area contributed by atoms with Crippen molar-refractivity contribution in [3.8, 4) is 22.5 Å². The minimum absolute atomic E-state index is 0.587. The summed E-state index contributed by atoms with van der Waals surface area (Å²) in [6, 6.07) is 23.4. The number of rotatable bonds is 5. The van der Waals surface area contributed by atoms with E-state index < -0.39 is 0 Å². The third kappa shape index (κ3) is 3.65. The molecule has 0 aliphatic carbocycles. The third-order valence-electron chi connectivity index (χ3n) is 6.52. The highest BCUT2D eigenvalue weighted by Gasteiger charge is 2.16. The van der Waals surface area contributed by atoms with Crippen molar-refractivity contribution in [3.05, 3.63) is 89.4 Å². The van der Waals surface area contributed by atoms with Gasteiger partial charge in [0, 0.05) is 23.2 Å². The molecule has 0 saturated heterocycles. The molecule has 3 heterocycles. The summed E-state index contributed by atoms with van der Waals surface area (Å²) in [6.45, 7) is 7.01. The van der Waals surface area contributed by atoms with Crippen molar-refractivity contribution >= 4 is 21.9 Å². The van der Waals surface area contributed by atoms with Gasteiger partial charge in [0.2, 0.25) is 5.82 Å². The van der Waals surface area contributed by atoms with E-state index in [1.54, 1.807) is 0 Å². The molecule has 3 aromatic heterocycles. The van der Waals surface area contributed by atoms with E-state index in [-0.39, 0.29) is 0 Å². The molecule has 3 aromatic carbocycles. The molecular formula is C28H25N7. The summed E-state index contributed by atoms with van der Waals surface area (Å²) in [5.74, 6) is 1.64. The predicted octanol–water partition coefficient (Wildman–Crippen LogP) is 5.66. The number of nitrogens with one attached hydrogen (secondary N) is 1. The number of fused-ring (bicyclic) bond motifs is 2. The van der Waals surface area contributed by atoms with Crippen LogP contribution in [-0.4, -0.2) is 35.2 Å². The molecule has 1 N–H and O–H groups in total. The molecular weight excluding hydrogens is 434 g/mol. The molecule has 0 aliphatic heterocycles. The van der Waals surface area contributed by atoms with Gasteiger partial charge in [-0.05, 0) is 58.7 Å². The van der Waals surface area contributed by atoms with Crippen molar-refractivity contribution in [2.45, 2.75) is 33.7 Å². The first-order valence-electron chi connectivity index (χ1n) is 11.8. The van der Waals surface area contributed by atoms with E-state index in [2.05, 4.69) is 106 Å². The molecule has 6 aromatic rings. The lowest BCUT2D eigenvalue weighted by Gasteiger charge is -2.13. The van der Waals surface area contributed by atoms with Gasteiger partial charge >= 0.3 is 0 Å². The highest BCUT2D eigenvalue weighted by molar-refractivity contribution is 6.03. The Hall–Kier alpha value is -4.39. The average Bonchev–Trinajstić information content (AvgIpc) is 3.53. The van der Waals surface area contributed by atoms with Crippen molar-refractivity contribution in [2.75, 3.05) is 0 Å². The number of benzene rings is 3. The molecule has 0 atom stereocenters. The van der Waals surface area contributed by atoms with Crippen molar-refractivity contribution in [3.63, 3.8) is 0 Å². The fraction of sp³-hybridized carbons (Fsp3) is 0.179. The maximum absolute atomic E-state index is 4.89. The molecule has 35 heavy (non-hydrogen) atoms. The van der Waals surface area contributed by atoms with Gasteiger partial charge in [0.15, 0.2) is 5.65 Å². The molecule has 0 radical (unpaired) electrons. The van der Waals surface area contributed by atoms with Gasteiger partial charge in [0.1, 0.15) is 11.3 Å². The third-order valence-corrected chi connectivity index (χ3v) is 6.52. The van der Waals surface area contributed by atoms with Gasteiger partial charge in [0.05, 0.1) is 6.54 Å². The minimum Gasteiger partial charge on any atom is -0.308 e. The van der Waals surface area contributed by atoms with Gasteiger partial charge in [0.25, 0.3) is 0 Å². The Labute approximate surface area is 202 Å². The highest BCUT2D eigenvalue weighted by atomic mass is 15.5. The Morgan fingerprint density at radius 3 is 2.51 bits per heavy atom. The van der Waals surface area contributed by atoms with Crippen LogP contribution in [0.5, 0.6) is 0 Å². The van der Waals surface area contributed by atoms with Crippen LogP contribution in [0.3, 0.4) is 0 Å². The average molecular weight is 460 g/mol. The fourth-order valence-corrected chi connectivity index (χ4v) is 4.89. The topological polar surface area (TPSA) is 85.2 Å². The maximum atomic E-state index is 4.89. The number of aromatic amines is 1. The van der Waals surface area contributed by atoms with Crippen LogP contribution in [0.2, 0.25) is 0 Å². The van der Waals surface area contributed by atoms with Crippen LogP contribution in [0, 0.1) is 13.8 Å². The normalized spacial score (nSPS) is 11.5. The Kier molecular flexibility index (Phi) is 5.10. The first-order valence-corrected chi connectivity index (χ1v) is 11.8. The zero-order valence-electron chi connectivity index (χ0n) is 19.9. The molecule has 0 spiro atoms. The van der Waals surface area contributed by atoms with E-state index >= 15 is 0 Å². The van der Waals surface area contributed by atoms with Gasteiger partial charge in [-0.25, -0.2) is 9.97 Å². The van der Waals surface area contributed by atoms with E-state index in [1.807, 2.05) is 6.92 Å². The van der Waals surface area contributed by atoms with Crippen LogP contribution < -0.4 is 0 Å². The van der Waals surface area contributed by atoms with Gasteiger partial charge in [-0.1, -0.05) is 61.5 Å². The molecule has 0 bridgehead atoms. The number of imidazole rings is 1. The highest BCUT2D eigenvalue weighted by Crippen LogP contribution is 2.36. The molecule has 6 rings (SSSR count). The zero-order chi connectivity index (χ0) is 23.9. The van der Waals surface area contributed by atoms with Crippen LogP contribution in [-0.2, 0) is 13.0 Å². The molecule has 0 amide bonds. The number of aromatic nitrogens is 7. The van der Waals surface area contributed by atoms with Crippen LogP contribution in [0.15, 0.2) is 66.7 Å². The van der Waals surface area contributed by atoms with Crippen LogP contribution >= 0.6 is 0 Å². The zero-order valence-corrected chi connectivity index (χ0v) is 19.9. The summed E-state index contributed by atoms with van der Waals surface area (Å²) in [5.41, 5.74) is 8.49. The van der Waals surface area contributed by atoms with Gasteiger partial charge in [-0.15, -0.1) is 10.2 Å². The van der Waals surface area contributed by atoms with Crippen LogP contribution in [0.25, 0.3) is 44.5 Å². The van der Waals surface area contributed by atoms with Crippen molar-refractivity contribution in [1.82, 2.24) is 35.2 Å². The SMILES string of the molecule is CCc1nc2c(C)cc(C)nc2n1Cc1ccc(-c2c(-c3nn[nH]n3)ccc3ccccc23)cc1.